The van der Waals surface area contributed by atoms with Gasteiger partial charge in [0.2, 0.25) is 5.91 Å². The summed E-state index contributed by atoms with van der Waals surface area (Å²) in [5.41, 5.74) is 1.30. The highest BCUT2D eigenvalue weighted by Crippen LogP contribution is 2.15. The highest BCUT2D eigenvalue weighted by Gasteiger charge is 2.19. The lowest BCUT2D eigenvalue weighted by Crippen LogP contribution is -2.40. The van der Waals surface area contributed by atoms with Crippen molar-refractivity contribution in [2.45, 2.75) is 32.7 Å². The monoisotopic (exact) mass is 331 g/mol. The van der Waals surface area contributed by atoms with E-state index in [1.165, 1.54) is 17.4 Å². The summed E-state index contributed by atoms with van der Waals surface area (Å²) in [6.07, 6.45) is 2.65. The van der Waals surface area contributed by atoms with Crippen LogP contribution in [0.5, 0.6) is 0 Å². The van der Waals surface area contributed by atoms with Gasteiger partial charge in [0.25, 0.3) is 0 Å². The second-order valence-electron chi connectivity index (χ2n) is 6.44. The van der Waals surface area contributed by atoms with Gasteiger partial charge in [0.15, 0.2) is 5.58 Å². The number of nitrogens with one attached hydrogen (secondary N) is 1. The van der Waals surface area contributed by atoms with E-state index in [4.69, 9.17) is 4.42 Å². The highest BCUT2D eigenvalue weighted by atomic mass is 16.4. The summed E-state index contributed by atoms with van der Waals surface area (Å²) in [4.78, 5) is 26.4. The first-order valence-electron chi connectivity index (χ1n) is 8.74. The van der Waals surface area contributed by atoms with Crippen molar-refractivity contribution in [1.29, 1.82) is 0 Å². The summed E-state index contributed by atoms with van der Waals surface area (Å²) in [5, 5.41) is 3.02. The van der Waals surface area contributed by atoms with E-state index >= 15 is 0 Å². The lowest BCUT2D eigenvalue weighted by Gasteiger charge is -2.31. The fourth-order valence-electron chi connectivity index (χ4n) is 3.39. The molecule has 1 atom stereocenters. The Labute approximate surface area is 141 Å². The average molecular weight is 331 g/mol. The first-order chi connectivity index (χ1) is 11.7. The number of hydrogen-bond donors (Lipinski definition) is 1. The van der Waals surface area contributed by atoms with Gasteiger partial charge in [-0.2, -0.15) is 0 Å². The van der Waals surface area contributed by atoms with Crippen LogP contribution in [-0.2, 0) is 11.3 Å². The molecule has 2 aromatic rings. The summed E-state index contributed by atoms with van der Waals surface area (Å²) in [6.45, 7) is 6.53. The minimum Gasteiger partial charge on any atom is -0.408 e. The van der Waals surface area contributed by atoms with Crippen molar-refractivity contribution < 1.29 is 9.21 Å². The number of aromatic nitrogens is 1. The fourth-order valence-corrected chi connectivity index (χ4v) is 3.39. The Morgan fingerprint density at radius 2 is 2.21 bits per heavy atom. The number of aryl methyl sites for hydroxylation is 1. The number of carbonyl (C=O) groups excluding carboxylic acids is 1. The standard InChI is InChI=1S/C18H25N3O3/c1-2-20-10-5-6-14(13-20)12-19-17(22)9-11-21-15-7-3-4-8-16(15)24-18(21)23/h3-4,7-8,14H,2,5-6,9-13H2,1H3,(H,19,22)/t14-/m1/s1. The van der Waals surface area contributed by atoms with Crippen molar-refractivity contribution in [2.24, 2.45) is 5.92 Å². The van der Waals surface area contributed by atoms with Crippen molar-refractivity contribution in [3.8, 4) is 0 Å². The van der Waals surface area contributed by atoms with Gasteiger partial charge in [-0.05, 0) is 44.0 Å². The lowest BCUT2D eigenvalue weighted by molar-refractivity contribution is -0.121. The van der Waals surface area contributed by atoms with Crippen LogP contribution in [-0.4, -0.2) is 41.6 Å². The minimum absolute atomic E-state index is 0.0131. The summed E-state index contributed by atoms with van der Waals surface area (Å²) >= 11 is 0. The molecule has 0 aliphatic carbocycles. The molecule has 1 N–H and O–H groups in total. The fraction of sp³-hybridized carbons (Fsp3) is 0.556. The molecule has 1 aromatic heterocycles. The molecule has 3 rings (SSSR count). The van der Waals surface area contributed by atoms with E-state index < -0.39 is 5.76 Å². The first-order valence-corrected chi connectivity index (χ1v) is 8.74. The topological polar surface area (TPSA) is 67.5 Å². The van der Waals surface area contributed by atoms with Gasteiger partial charge < -0.3 is 14.6 Å². The van der Waals surface area contributed by atoms with E-state index in [1.807, 2.05) is 18.2 Å². The van der Waals surface area contributed by atoms with Crippen LogP contribution in [0.3, 0.4) is 0 Å². The molecule has 0 saturated carbocycles. The third kappa shape index (κ3) is 3.87. The second kappa shape index (κ2) is 7.66. The van der Waals surface area contributed by atoms with Crippen LogP contribution in [0.4, 0.5) is 0 Å². The zero-order chi connectivity index (χ0) is 16.9. The van der Waals surface area contributed by atoms with Crippen molar-refractivity contribution >= 4 is 17.0 Å². The third-order valence-corrected chi connectivity index (χ3v) is 4.77. The Hall–Kier alpha value is -2.08. The maximum absolute atomic E-state index is 12.1. The van der Waals surface area contributed by atoms with Gasteiger partial charge in [-0.25, -0.2) is 4.79 Å². The van der Waals surface area contributed by atoms with Crippen molar-refractivity contribution in [3.05, 3.63) is 34.8 Å². The number of fused-ring (bicyclic) bond motifs is 1. The molecule has 0 unspecified atom stereocenters. The van der Waals surface area contributed by atoms with Gasteiger partial charge in [0, 0.05) is 26.1 Å². The maximum Gasteiger partial charge on any atom is 0.419 e. The predicted octanol–water partition coefficient (Wildman–Crippen LogP) is 1.83. The largest absolute Gasteiger partial charge is 0.419 e. The van der Waals surface area contributed by atoms with Gasteiger partial charge in [-0.15, -0.1) is 0 Å². The van der Waals surface area contributed by atoms with E-state index in [2.05, 4.69) is 17.1 Å². The van der Waals surface area contributed by atoms with Crippen molar-refractivity contribution in [2.75, 3.05) is 26.2 Å². The molecule has 1 aliphatic rings. The SMILES string of the molecule is CCN1CCC[C@H](CNC(=O)CCn2c(=O)oc3ccccc32)C1. The van der Waals surface area contributed by atoms with Crippen molar-refractivity contribution in [3.63, 3.8) is 0 Å². The Balaban J connectivity index is 1.50. The number of oxazole rings is 1. The summed E-state index contributed by atoms with van der Waals surface area (Å²) in [5.74, 6) is 0.107. The van der Waals surface area contributed by atoms with Crippen LogP contribution in [0.25, 0.3) is 11.1 Å². The van der Waals surface area contributed by atoms with Crippen LogP contribution in [0.1, 0.15) is 26.2 Å². The number of piperidine rings is 1. The van der Waals surface area contributed by atoms with Gasteiger partial charge in [-0.3, -0.25) is 9.36 Å². The highest BCUT2D eigenvalue weighted by molar-refractivity contribution is 5.76. The molecular formula is C18H25N3O3. The van der Waals surface area contributed by atoms with Gasteiger partial charge >= 0.3 is 5.76 Å². The Morgan fingerprint density at radius 3 is 3.04 bits per heavy atom. The van der Waals surface area contributed by atoms with Gasteiger partial charge in [0.1, 0.15) is 0 Å². The summed E-state index contributed by atoms with van der Waals surface area (Å²) < 4.78 is 6.70. The van der Waals surface area contributed by atoms with E-state index in [0.717, 1.165) is 31.7 Å². The maximum atomic E-state index is 12.1. The molecule has 0 radical (unpaired) electrons. The lowest BCUT2D eigenvalue weighted by atomic mass is 9.98. The molecule has 1 saturated heterocycles. The van der Waals surface area contributed by atoms with Crippen molar-refractivity contribution in [1.82, 2.24) is 14.8 Å². The number of hydrogen-bond acceptors (Lipinski definition) is 4. The zero-order valence-electron chi connectivity index (χ0n) is 14.2. The quantitative estimate of drug-likeness (QED) is 0.877. The van der Waals surface area contributed by atoms with Crippen LogP contribution in [0, 0.1) is 5.92 Å². The van der Waals surface area contributed by atoms with Crippen LogP contribution in [0.2, 0.25) is 0 Å². The molecule has 6 heteroatoms. The zero-order valence-corrected chi connectivity index (χ0v) is 14.2. The number of carbonyl (C=O) groups is 1. The molecule has 1 aliphatic heterocycles. The number of likely N-dealkylation sites (tertiary alicyclic amines) is 1. The van der Waals surface area contributed by atoms with E-state index in [0.29, 0.717) is 18.0 Å². The molecule has 1 aromatic carbocycles. The molecule has 130 valence electrons. The number of para-hydroxylation sites is 2. The smallest absolute Gasteiger partial charge is 0.408 e. The van der Waals surface area contributed by atoms with Crippen LogP contribution < -0.4 is 11.1 Å². The summed E-state index contributed by atoms with van der Waals surface area (Å²) in [6, 6.07) is 7.28. The first kappa shape index (κ1) is 16.8. The van der Waals surface area contributed by atoms with Crippen LogP contribution >= 0.6 is 0 Å². The van der Waals surface area contributed by atoms with Crippen LogP contribution in [0.15, 0.2) is 33.5 Å². The number of amides is 1. The molecule has 0 spiro atoms. The number of benzene rings is 1. The minimum atomic E-state index is -0.408. The Kier molecular flexibility index (Phi) is 5.35. The molecule has 1 amide bonds. The third-order valence-electron chi connectivity index (χ3n) is 4.77. The molecule has 0 bridgehead atoms. The average Bonchev–Trinajstić information content (AvgIpc) is 2.93. The predicted molar refractivity (Wildman–Crippen MR) is 92.9 cm³/mol. The van der Waals surface area contributed by atoms with E-state index in [-0.39, 0.29) is 12.3 Å². The second-order valence-corrected chi connectivity index (χ2v) is 6.44. The molecule has 2 heterocycles. The molecular weight excluding hydrogens is 306 g/mol. The van der Waals surface area contributed by atoms with Gasteiger partial charge in [-0.1, -0.05) is 19.1 Å². The number of nitrogens with zero attached hydrogens (tertiary/aromatic N) is 2. The molecule has 6 nitrogen and oxygen atoms in total. The number of rotatable bonds is 6. The Morgan fingerprint density at radius 1 is 1.38 bits per heavy atom. The van der Waals surface area contributed by atoms with E-state index in [1.54, 1.807) is 6.07 Å². The van der Waals surface area contributed by atoms with E-state index in [9.17, 15) is 9.59 Å². The normalized spacial score (nSPS) is 18.8. The van der Waals surface area contributed by atoms with Gasteiger partial charge in [0.05, 0.1) is 5.52 Å². The molecule has 1 fully saturated rings. The Bertz CT molecular complexity index is 749. The molecule has 24 heavy (non-hydrogen) atoms. The summed E-state index contributed by atoms with van der Waals surface area (Å²) in [7, 11) is 0.